The third kappa shape index (κ3) is 21.5. The number of sulfone groups is 1. The van der Waals surface area contributed by atoms with Crippen LogP contribution in [-0.4, -0.2) is 174 Å². The predicted molar refractivity (Wildman–Crippen MR) is 429 cm³/mol. The minimum absolute atomic E-state index is 0.0459. The average molecular weight is 1620 g/mol. The number of anilines is 13. The molecule has 0 atom stereocenters. The van der Waals surface area contributed by atoms with E-state index in [-0.39, 0.29) is 43.9 Å². The molecule has 574 valence electrons. The molecular weight excluding hydrogens is 1530 g/mol. The SMILES string of the molecule is COc1cc(N2CCC(N3CCN(C)CC3)CC2)ccc1Nc1ncc(Cl)c(Nc2ccc(P(C)(C)=O)cc2OC)n1.COc1cc(P(C)(C)=O)ccc1Nc1ncc(C(F)(F)F)c(Nc2ccc(Cl)cc2C#N)n1.COc1ccc(P(C)(C)=O)cc1Nc1ncc(Cl)c(Nc2ccccc2S(=O)(=O)C(C)C)n1. The van der Waals surface area contributed by atoms with E-state index in [9.17, 15) is 40.5 Å². The van der Waals surface area contributed by atoms with Gasteiger partial charge in [0.05, 0.1) is 90.7 Å². The van der Waals surface area contributed by atoms with Crippen molar-refractivity contribution in [3.05, 3.63) is 160 Å². The molecule has 0 bridgehead atoms. The molecule has 0 amide bonds. The van der Waals surface area contributed by atoms with Crippen LogP contribution in [0.2, 0.25) is 15.1 Å². The van der Waals surface area contributed by atoms with Crippen molar-refractivity contribution in [2.75, 3.05) is 152 Å². The fourth-order valence-corrected chi connectivity index (χ4v) is 15.6. The lowest BCUT2D eigenvalue weighted by Crippen LogP contribution is -2.52. The number of methoxy groups -OCH3 is 4. The fraction of sp³-hybridized carbons (Fsp3) is 0.329. The Balaban J connectivity index is 0.000000189. The Bertz CT molecular complexity index is 5040. The molecule has 0 saturated carbocycles. The van der Waals surface area contributed by atoms with Crippen molar-refractivity contribution in [2.24, 2.45) is 0 Å². The standard InChI is InChI=1S/C30H41ClN7O3P.C22H26ClN4O4PS.C21H18ClF3N5O2P/c1-36-14-16-38(17-15-36)21-10-12-37(13-11-21)22-6-8-26(27(18-22)40-2)34-30-32-20-24(31)29(35-30)33-25-9-7-23(42(4,5)39)19-28(25)41-3;1-14(2)33(29,30)20-9-7-6-8-17(20)25-21-16(23)13-24-22(27-21)26-18-12-15(32(4,5)28)10-11-19(18)31-3;1-32-18-9-14(33(2,3)31)5-7-17(18)29-20-27-11-15(21(23,24)25)19(30-20)28-16-6-4-13(22)8-12(16)10-26/h6-9,18-21H,10-17H2,1-5H3,(H2,32,33,34,35);6-14H,1-5H3,(H2,24,25,26,27);4-9,11H,1-3H3,(H2,27,28,29,30). The highest BCUT2D eigenvalue weighted by Crippen LogP contribution is 2.43. The van der Waals surface area contributed by atoms with Gasteiger partial charge >= 0.3 is 6.18 Å². The van der Waals surface area contributed by atoms with Crippen LogP contribution in [0.4, 0.5) is 88.3 Å². The number of nitriles is 1. The maximum absolute atomic E-state index is 13.6. The predicted octanol–water partition coefficient (Wildman–Crippen LogP) is 15.9. The molecule has 0 spiro atoms. The number of likely N-dealkylation sites (N-methyl/N-ethyl adjacent to an activating group) is 1. The summed E-state index contributed by atoms with van der Waals surface area (Å²) in [7, 11) is -2.65. The van der Waals surface area contributed by atoms with Crippen LogP contribution >= 0.6 is 56.2 Å². The second-order valence-corrected chi connectivity index (χ2v) is 39.9. The molecule has 11 rings (SSSR count). The molecule has 108 heavy (non-hydrogen) atoms. The first-order chi connectivity index (χ1) is 51.0. The van der Waals surface area contributed by atoms with Crippen molar-refractivity contribution in [1.82, 2.24) is 39.7 Å². The van der Waals surface area contributed by atoms with Gasteiger partial charge in [-0.05, 0) is 171 Å². The Morgan fingerprint density at radius 3 is 1.48 bits per heavy atom. The van der Waals surface area contributed by atoms with Crippen molar-refractivity contribution in [3.63, 3.8) is 0 Å². The van der Waals surface area contributed by atoms with Gasteiger partial charge in [0, 0.05) is 84.2 Å². The monoisotopic (exact) mass is 1620 g/mol. The number of aromatic nitrogens is 6. The molecule has 6 aromatic carbocycles. The molecular formula is C73H85Cl3F3N16O9P3S. The summed E-state index contributed by atoms with van der Waals surface area (Å²) in [5.41, 5.74) is 2.84. The van der Waals surface area contributed by atoms with Gasteiger partial charge in [-0.2, -0.15) is 33.4 Å². The molecule has 3 aromatic heterocycles. The number of alkyl halides is 3. The number of piperazine rings is 1. The van der Waals surface area contributed by atoms with Crippen molar-refractivity contribution < 1.29 is 54.2 Å². The van der Waals surface area contributed by atoms with E-state index in [1.807, 2.05) is 24.3 Å². The van der Waals surface area contributed by atoms with E-state index in [2.05, 4.69) is 95.7 Å². The summed E-state index contributed by atoms with van der Waals surface area (Å²) in [5.74, 6) is 2.59. The molecule has 2 aliphatic heterocycles. The van der Waals surface area contributed by atoms with Gasteiger partial charge in [-0.25, -0.2) is 23.4 Å². The molecule has 0 unspecified atom stereocenters. The summed E-state index contributed by atoms with van der Waals surface area (Å²) >= 11 is 18.6. The van der Waals surface area contributed by atoms with E-state index in [1.165, 1.54) is 76.8 Å². The molecule has 2 saturated heterocycles. The van der Waals surface area contributed by atoms with Crippen LogP contribution in [0.25, 0.3) is 0 Å². The van der Waals surface area contributed by atoms with Gasteiger partial charge in [0.25, 0.3) is 0 Å². The molecule has 9 aromatic rings. The van der Waals surface area contributed by atoms with Crippen molar-refractivity contribution in [1.29, 1.82) is 5.26 Å². The Hall–Kier alpha value is -8.93. The lowest BCUT2D eigenvalue weighted by molar-refractivity contribution is -0.137. The number of nitrogens with one attached hydrogen (secondary N) is 6. The molecule has 5 heterocycles. The van der Waals surface area contributed by atoms with Gasteiger partial charge in [0.1, 0.15) is 71.9 Å². The first kappa shape index (κ1) is 83.1. The number of ether oxygens (including phenoxy) is 4. The molecule has 2 aliphatic rings. The van der Waals surface area contributed by atoms with E-state index in [0.717, 1.165) is 42.9 Å². The lowest BCUT2D eigenvalue weighted by Gasteiger charge is -2.42. The van der Waals surface area contributed by atoms with Crippen molar-refractivity contribution in [2.45, 2.75) is 49.1 Å². The Labute approximate surface area is 642 Å². The first-order valence-corrected chi connectivity index (χ1v) is 44.2. The number of halogens is 6. The van der Waals surface area contributed by atoms with Crippen LogP contribution in [0.1, 0.15) is 37.8 Å². The number of piperidine rings is 1. The zero-order valence-electron chi connectivity index (χ0n) is 61.7. The van der Waals surface area contributed by atoms with E-state index >= 15 is 0 Å². The quantitative estimate of drug-likeness (QED) is 0.0324. The fourth-order valence-electron chi connectivity index (χ4n) is 11.3. The summed E-state index contributed by atoms with van der Waals surface area (Å²) in [4.78, 5) is 33.0. The maximum Gasteiger partial charge on any atom is 0.421 e. The molecule has 35 heteroatoms. The van der Waals surface area contributed by atoms with Crippen LogP contribution in [-0.2, 0) is 29.7 Å². The molecule has 0 radical (unpaired) electrons. The van der Waals surface area contributed by atoms with Gasteiger partial charge in [0.2, 0.25) is 17.8 Å². The van der Waals surface area contributed by atoms with Crippen LogP contribution in [0.3, 0.4) is 0 Å². The summed E-state index contributed by atoms with van der Waals surface area (Å²) in [6, 6.07) is 34.8. The van der Waals surface area contributed by atoms with Gasteiger partial charge in [-0.1, -0.05) is 46.9 Å². The highest BCUT2D eigenvalue weighted by molar-refractivity contribution is 7.92. The number of hydrogen-bond acceptors (Lipinski definition) is 25. The normalized spacial score (nSPS) is 13.9. The highest BCUT2D eigenvalue weighted by atomic mass is 35.5. The van der Waals surface area contributed by atoms with Gasteiger partial charge in [-0.3, -0.25) is 4.90 Å². The number of nitrogens with zero attached hydrogens (tertiary/aromatic N) is 10. The Kier molecular flexibility index (Phi) is 27.4. The minimum Gasteiger partial charge on any atom is -0.495 e. The number of para-hydroxylation sites is 1. The molecule has 2 fully saturated rings. The zero-order chi connectivity index (χ0) is 78.6. The van der Waals surface area contributed by atoms with Gasteiger partial charge in [0.15, 0.2) is 21.5 Å². The summed E-state index contributed by atoms with van der Waals surface area (Å²) in [6.07, 6.45) is 1.17. The molecule has 0 aliphatic carbocycles. The van der Waals surface area contributed by atoms with Crippen LogP contribution in [0.15, 0.2) is 139 Å². The van der Waals surface area contributed by atoms with E-state index in [4.69, 9.17) is 53.8 Å². The largest absolute Gasteiger partial charge is 0.495 e. The highest BCUT2D eigenvalue weighted by Gasteiger charge is 2.36. The van der Waals surface area contributed by atoms with Crippen LogP contribution < -0.4 is 71.7 Å². The summed E-state index contributed by atoms with van der Waals surface area (Å²) < 4.78 is 126. The summed E-state index contributed by atoms with van der Waals surface area (Å²) in [5, 5.41) is 29.4. The smallest absolute Gasteiger partial charge is 0.421 e. The second kappa shape index (κ2) is 35.6. The Morgan fingerprint density at radius 2 is 0.972 bits per heavy atom. The number of hydrogen-bond donors (Lipinski definition) is 6. The molecule has 6 N–H and O–H groups in total. The topological polar surface area (TPSA) is 305 Å². The van der Waals surface area contributed by atoms with E-state index in [0.29, 0.717) is 85.4 Å². The van der Waals surface area contributed by atoms with Crippen LogP contribution in [0.5, 0.6) is 23.0 Å². The number of rotatable bonds is 23. The van der Waals surface area contributed by atoms with Crippen molar-refractivity contribution in [3.8, 4) is 29.1 Å². The minimum atomic E-state index is -4.75. The van der Waals surface area contributed by atoms with Gasteiger partial charge < -0.3 is 74.3 Å². The second-order valence-electron chi connectivity index (χ2n) is 26.5. The lowest BCUT2D eigenvalue weighted by atomic mass is 10.0. The third-order valence-corrected chi connectivity index (χ3v) is 25.0. The molecule has 25 nitrogen and oxygen atoms in total. The first-order valence-electron chi connectivity index (χ1n) is 33.7. The van der Waals surface area contributed by atoms with E-state index < -0.39 is 54.1 Å². The number of benzene rings is 6. The third-order valence-electron chi connectivity index (χ3n) is 17.5. The van der Waals surface area contributed by atoms with Gasteiger partial charge in [-0.15, -0.1) is 0 Å². The average Bonchev–Trinajstić information content (AvgIpc) is 0.813. The Morgan fingerprint density at radius 1 is 0.528 bits per heavy atom. The maximum atomic E-state index is 13.6. The zero-order valence-corrected chi connectivity index (χ0v) is 67.4. The summed E-state index contributed by atoms with van der Waals surface area (Å²) in [6.45, 7) is 20.0. The van der Waals surface area contributed by atoms with E-state index in [1.54, 1.807) is 129 Å². The van der Waals surface area contributed by atoms with Crippen molar-refractivity contribution >= 4 is 157 Å². The van der Waals surface area contributed by atoms with Crippen LogP contribution in [0, 0.1) is 11.3 Å².